The molecule has 158 valence electrons. The monoisotopic (exact) mass is 410 g/mol. The number of esters is 1. The number of anilines is 1. The van der Waals surface area contributed by atoms with Crippen molar-refractivity contribution in [2.45, 2.75) is 63.5 Å². The second kappa shape index (κ2) is 6.29. The van der Waals surface area contributed by atoms with Crippen molar-refractivity contribution in [2.24, 2.45) is 16.2 Å². The maximum Gasteiger partial charge on any atom is 0.311 e. The highest BCUT2D eigenvalue weighted by atomic mass is 19.1. The third kappa shape index (κ3) is 2.71. The van der Waals surface area contributed by atoms with Gasteiger partial charge < -0.3 is 9.64 Å². The van der Waals surface area contributed by atoms with Crippen molar-refractivity contribution in [3.8, 4) is 0 Å². The van der Waals surface area contributed by atoms with Crippen LogP contribution in [0.15, 0.2) is 24.3 Å². The first-order chi connectivity index (χ1) is 14.3. The number of hydrogen-bond acceptors (Lipinski definition) is 3. The van der Waals surface area contributed by atoms with Gasteiger partial charge in [-0.25, -0.2) is 9.24 Å². The Kier molecular flexibility index (Phi) is 4.10. The Labute approximate surface area is 176 Å². The number of ether oxygens (including phenoxy) is 1. The Morgan fingerprint density at radius 3 is 2.27 bits per heavy atom. The normalized spacial score (nSPS) is 38.0. The van der Waals surface area contributed by atoms with Crippen molar-refractivity contribution in [2.75, 3.05) is 18.6 Å². The van der Waals surface area contributed by atoms with Crippen LogP contribution in [0.5, 0.6) is 0 Å². The number of methoxy groups -OCH3 is 1. The molecule has 0 N–H and O–H groups in total. The van der Waals surface area contributed by atoms with Crippen molar-refractivity contribution < 1.29 is 18.7 Å². The van der Waals surface area contributed by atoms with Crippen LogP contribution in [-0.4, -0.2) is 31.2 Å². The van der Waals surface area contributed by atoms with E-state index in [1.54, 1.807) is 12.1 Å². The summed E-state index contributed by atoms with van der Waals surface area (Å²) in [5.74, 6) is -0.0930. The minimum atomic E-state index is -1.13. The van der Waals surface area contributed by atoms with Gasteiger partial charge in [0, 0.05) is 12.2 Å². The molecule has 6 saturated carbocycles. The molecule has 0 heterocycles. The second-order valence-electron chi connectivity index (χ2n) is 10.3. The van der Waals surface area contributed by atoms with Gasteiger partial charge in [-0.3, -0.25) is 9.59 Å². The highest BCUT2D eigenvalue weighted by Crippen LogP contribution is 2.70. The predicted octanol–water partition coefficient (Wildman–Crippen LogP) is 4.98. The first-order valence-electron chi connectivity index (χ1n) is 10.8. The molecule has 0 radical (unpaired) electrons. The van der Waals surface area contributed by atoms with Crippen LogP contribution in [-0.2, 0) is 14.3 Å². The summed E-state index contributed by atoms with van der Waals surface area (Å²) in [4.78, 5) is 31.3. The molecule has 1 aromatic carbocycles. The molecule has 6 aliphatic rings. The summed E-state index contributed by atoms with van der Waals surface area (Å²) in [6.07, 6.45) is 6.02. The Hall–Kier alpha value is -2.42. The third-order valence-corrected chi connectivity index (χ3v) is 8.45. The zero-order valence-corrected chi connectivity index (χ0v) is 17.4. The van der Waals surface area contributed by atoms with E-state index in [2.05, 4.69) is 4.85 Å². The molecule has 0 aromatic heterocycles. The zero-order valence-electron chi connectivity index (χ0n) is 17.4. The average Bonchev–Trinajstić information content (AvgIpc) is 2.75. The van der Waals surface area contributed by atoms with Gasteiger partial charge >= 0.3 is 5.97 Å². The molecule has 6 fully saturated rings. The third-order valence-electron chi connectivity index (χ3n) is 8.45. The van der Waals surface area contributed by atoms with Gasteiger partial charge in [0.05, 0.1) is 24.5 Å². The van der Waals surface area contributed by atoms with Gasteiger partial charge in [0.2, 0.25) is 5.91 Å². The van der Waals surface area contributed by atoms with Gasteiger partial charge in [-0.05, 0) is 75.3 Å². The molecule has 6 aliphatic carbocycles. The van der Waals surface area contributed by atoms with Gasteiger partial charge in [-0.1, -0.05) is 12.1 Å². The highest BCUT2D eigenvalue weighted by Gasteiger charge is 2.73. The predicted molar refractivity (Wildman–Crippen MR) is 110 cm³/mol. The van der Waals surface area contributed by atoms with Crippen molar-refractivity contribution in [1.82, 2.24) is 0 Å². The number of carbonyl (C=O) groups is 2. The van der Waals surface area contributed by atoms with E-state index >= 15 is 0 Å². The standard InChI is InChI=1S/C24H27FN2O3/c1-26-17-4-3-5-18(12-17)27(19(28)23-13-24(25,14-23)15-23)16-21-6-9-22(10-7-21,11-8-21)20(29)30-2/h3-5,12H,6-11,13-16H2,2H3. The minimum Gasteiger partial charge on any atom is -0.469 e. The molecule has 1 amide bonds. The minimum absolute atomic E-state index is 0.00825. The first-order valence-corrected chi connectivity index (χ1v) is 10.8. The van der Waals surface area contributed by atoms with E-state index in [1.165, 1.54) is 7.11 Å². The summed E-state index contributed by atoms with van der Waals surface area (Å²) in [7, 11) is 1.46. The Morgan fingerprint density at radius 1 is 1.10 bits per heavy atom. The molecule has 4 bridgehead atoms. The van der Waals surface area contributed by atoms with Gasteiger partial charge in [-0.2, -0.15) is 0 Å². The molecule has 7 rings (SSSR count). The molecule has 1 aromatic rings. The van der Waals surface area contributed by atoms with Crippen LogP contribution in [0.1, 0.15) is 57.8 Å². The summed E-state index contributed by atoms with van der Waals surface area (Å²) in [5.41, 5.74) is -0.845. The van der Waals surface area contributed by atoms with E-state index in [0.29, 0.717) is 31.5 Å². The fourth-order valence-corrected chi connectivity index (χ4v) is 6.55. The van der Waals surface area contributed by atoms with Gasteiger partial charge in [0.15, 0.2) is 5.69 Å². The topological polar surface area (TPSA) is 51.0 Å². The van der Waals surface area contributed by atoms with Crippen LogP contribution in [0, 0.1) is 22.8 Å². The number of fused-ring (bicyclic) bond motifs is 3. The number of carbonyl (C=O) groups excluding carboxylic acids is 2. The summed E-state index contributed by atoms with van der Waals surface area (Å²) >= 11 is 0. The lowest BCUT2D eigenvalue weighted by Crippen LogP contribution is -2.71. The van der Waals surface area contributed by atoms with Crippen LogP contribution in [0.3, 0.4) is 0 Å². The average molecular weight is 410 g/mol. The van der Waals surface area contributed by atoms with Gasteiger partial charge in [0.25, 0.3) is 0 Å². The summed E-state index contributed by atoms with van der Waals surface area (Å²) in [6.45, 7) is 7.91. The van der Waals surface area contributed by atoms with Crippen molar-refractivity contribution >= 4 is 23.3 Å². The second-order valence-corrected chi connectivity index (χ2v) is 10.3. The molecule has 0 unspecified atom stereocenters. The number of amides is 1. The van der Waals surface area contributed by atoms with E-state index < -0.39 is 11.1 Å². The molecular formula is C24H27FN2O3. The largest absolute Gasteiger partial charge is 0.469 e. The van der Waals surface area contributed by atoms with Crippen molar-refractivity contribution in [3.63, 3.8) is 0 Å². The smallest absolute Gasteiger partial charge is 0.311 e. The lowest BCUT2D eigenvalue weighted by molar-refractivity contribution is -0.211. The molecule has 30 heavy (non-hydrogen) atoms. The first kappa shape index (κ1) is 19.5. The molecule has 0 aliphatic heterocycles. The van der Waals surface area contributed by atoms with E-state index in [0.717, 1.165) is 44.2 Å². The zero-order chi connectivity index (χ0) is 21.2. The molecule has 0 atom stereocenters. The van der Waals surface area contributed by atoms with Gasteiger partial charge in [0.1, 0.15) is 5.67 Å². The maximum atomic E-state index is 14.2. The lowest BCUT2D eigenvalue weighted by atomic mass is 9.41. The van der Waals surface area contributed by atoms with Crippen LogP contribution in [0.2, 0.25) is 0 Å². The number of nitrogens with zero attached hydrogens (tertiary/aromatic N) is 2. The molecule has 5 nitrogen and oxygen atoms in total. The molecule has 0 saturated heterocycles. The van der Waals surface area contributed by atoms with E-state index in [9.17, 15) is 14.0 Å². The summed E-state index contributed by atoms with van der Waals surface area (Å²) in [5, 5.41) is 0. The fourth-order valence-electron chi connectivity index (χ4n) is 6.55. The lowest BCUT2D eigenvalue weighted by Gasteiger charge is -2.65. The molecular weight excluding hydrogens is 383 g/mol. The van der Waals surface area contributed by atoms with Crippen LogP contribution < -0.4 is 4.90 Å². The number of benzene rings is 1. The van der Waals surface area contributed by atoms with Crippen molar-refractivity contribution in [3.05, 3.63) is 35.7 Å². The SMILES string of the molecule is [C-]#[N+]c1cccc(N(CC23CCC(C(=O)OC)(CC2)CC3)C(=O)C23CC(F)(C2)C3)c1. The Morgan fingerprint density at radius 2 is 1.73 bits per heavy atom. The van der Waals surface area contributed by atoms with Crippen molar-refractivity contribution in [1.29, 1.82) is 0 Å². The Balaban J connectivity index is 1.41. The van der Waals surface area contributed by atoms with E-state index in [1.807, 2.05) is 17.0 Å². The highest BCUT2D eigenvalue weighted by molar-refractivity contribution is 6.00. The molecule has 6 heteroatoms. The van der Waals surface area contributed by atoms with E-state index in [4.69, 9.17) is 11.3 Å². The van der Waals surface area contributed by atoms with E-state index in [-0.39, 0.29) is 22.7 Å². The number of halogens is 1. The maximum absolute atomic E-state index is 14.2. The van der Waals surface area contributed by atoms with Crippen LogP contribution in [0.25, 0.3) is 4.85 Å². The van der Waals surface area contributed by atoms with Crippen LogP contribution in [0.4, 0.5) is 15.8 Å². The van der Waals surface area contributed by atoms with Gasteiger partial charge in [-0.15, -0.1) is 0 Å². The number of alkyl halides is 1. The van der Waals surface area contributed by atoms with Crippen LogP contribution >= 0.6 is 0 Å². The summed E-state index contributed by atoms with van der Waals surface area (Å²) in [6, 6.07) is 7.19. The molecule has 0 spiro atoms. The quantitative estimate of drug-likeness (QED) is 0.508. The number of hydrogen-bond donors (Lipinski definition) is 0. The summed E-state index contributed by atoms with van der Waals surface area (Å²) < 4.78 is 19.2. The fraction of sp³-hybridized carbons (Fsp3) is 0.625. The Bertz CT molecular complexity index is 921. The number of rotatable bonds is 5.